The van der Waals surface area contributed by atoms with Crippen LogP contribution in [-0.2, 0) is 14.4 Å². The molecule has 7 nitrogen and oxygen atoms in total. The molecular weight excluding hydrogens is 360 g/mol. The zero-order valence-corrected chi connectivity index (χ0v) is 15.3. The lowest BCUT2D eigenvalue weighted by Gasteiger charge is -2.21. The van der Waals surface area contributed by atoms with Crippen LogP contribution in [0.2, 0.25) is 0 Å². The van der Waals surface area contributed by atoms with Crippen LogP contribution in [0.1, 0.15) is 30.4 Å². The Morgan fingerprint density at radius 1 is 1.18 bits per heavy atom. The maximum atomic E-state index is 12.2. The van der Waals surface area contributed by atoms with Gasteiger partial charge in [-0.1, -0.05) is 53.7 Å². The minimum absolute atomic E-state index is 0.0154. The van der Waals surface area contributed by atoms with Crippen molar-refractivity contribution in [1.82, 2.24) is 5.32 Å². The van der Waals surface area contributed by atoms with Gasteiger partial charge in [-0.25, -0.2) is 9.59 Å². The molecule has 28 heavy (non-hydrogen) atoms. The SMILES string of the molecule is CC1(CNC(=O)OCC2c3ccccc3-c3ccccc32)CC(C(=O)O)=NO1. The number of carbonyl (C=O) groups is 2. The number of carbonyl (C=O) groups excluding carboxylic acids is 1. The minimum Gasteiger partial charge on any atom is -0.477 e. The van der Waals surface area contributed by atoms with E-state index < -0.39 is 17.7 Å². The molecule has 1 amide bonds. The summed E-state index contributed by atoms with van der Waals surface area (Å²) in [6, 6.07) is 16.2. The van der Waals surface area contributed by atoms with Crippen LogP contribution in [0.25, 0.3) is 11.1 Å². The van der Waals surface area contributed by atoms with Crippen molar-refractivity contribution >= 4 is 17.8 Å². The van der Waals surface area contributed by atoms with E-state index in [1.807, 2.05) is 24.3 Å². The van der Waals surface area contributed by atoms with Crippen molar-refractivity contribution in [3.05, 3.63) is 59.7 Å². The first-order valence-electron chi connectivity index (χ1n) is 9.04. The number of hydrogen-bond donors (Lipinski definition) is 2. The van der Waals surface area contributed by atoms with Crippen LogP contribution in [-0.4, -0.2) is 41.6 Å². The number of ether oxygens (including phenoxy) is 1. The molecule has 144 valence electrons. The van der Waals surface area contributed by atoms with E-state index in [1.165, 1.54) is 0 Å². The van der Waals surface area contributed by atoms with Crippen LogP contribution in [0.15, 0.2) is 53.7 Å². The van der Waals surface area contributed by atoms with E-state index in [9.17, 15) is 9.59 Å². The summed E-state index contributed by atoms with van der Waals surface area (Å²) < 4.78 is 5.46. The molecule has 7 heteroatoms. The van der Waals surface area contributed by atoms with Crippen LogP contribution in [0, 0.1) is 0 Å². The number of nitrogens with zero attached hydrogens (tertiary/aromatic N) is 1. The smallest absolute Gasteiger partial charge is 0.407 e. The zero-order chi connectivity index (χ0) is 19.7. The number of amides is 1. The van der Waals surface area contributed by atoms with Gasteiger partial charge >= 0.3 is 12.1 Å². The number of carboxylic acids is 1. The van der Waals surface area contributed by atoms with Crippen LogP contribution in [0.4, 0.5) is 4.79 Å². The van der Waals surface area contributed by atoms with E-state index >= 15 is 0 Å². The van der Waals surface area contributed by atoms with E-state index in [2.05, 4.69) is 34.7 Å². The van der Waals surface area contributed by atoms with Gasteiger partial charge in [0.15, 0.2) is 11.3 Å². The zero-order valence-electron chi connectivity index (χ0n) is 15.3. The Balaban J connectivity index is 1.36. The van der Waals surface area contributed by atoms with Gasteiger partial charge in [-0.2, -0.15) is 0 Å². The van der Waals surface area contributed by atoms with Crippen LogP contribution in [0.3, 0.4) is 0 Å². The lowest BCUT2D eigenvalue weighted by molar-refractivity contribution is -0.129. The second kappa shape index (κ2) is 6.99. The summed E-state index contributed by atoms with van der Waals surface area (Å²) in [7, 11) is 0. The van der Waals surface area contributed by atoms with E-state index in [1.54, 1.807) is 6.92 Å². The number of rotatable bonds is 5. The molecule has 2 aromatic rings. The molecule has 0 spiro atoms. The highest BCUT2D eigenvalue weighted by molar-refractivity contribution is 6.36. The topological polar surface area (TPSA) is 97.2 Å². The molecule has 0 aromatic heterocycles. The van der Waals surface area contributed by atoms with Gasteiger partial charge in [0.1, 0.15) is 6.61 Å². The predicted molar refractivity (Wildman–Crippen MR) is 102 cm³/mol. The van der Waals surface area contributed by atoms with Crippen molar-refractivity contribution in [2.24, 2.45) is 5.16 Å². The molecule has 2 aromatic carbocycles. The number of hydrogen-bond acceptors (Lipinski definition) is 5. The summed E-state index contributed by atoms with van der Waals surface area (Å²) in [4.78, 5) is 28.3. The molecule has 1 atom stereocenters. The number of alkyl carbamates (subject to hydrolysis) is 1. The summed E-state index contributed by atoms with van der Waals surface area (Å²) in [6.45, 7) is 2.01. The maximum Gasteiger partial charge on any atom is 0.407 e. The molecule has 0 saturated carbocycles. The third-order valence-electron chi connectivity index (χ3n) is 5.11. The van der Waals surface area contributed by atoms with Crippen molar-refractivity contribution < 1.29 is 24.3 Å². The summed E-state index contributed by atoms with van der Waals surface area (Å²) in [6.07, 6.45) is -0.457. The fraction of sp³-hybridized carbons (Fsp3) is 0.286. The Labute approximate surface area is 162 Å². The highest BCUT2D eigenvalue weighted by atomic mass is 16.7. The van der Waals surface area contributed by atoms with Crippen LogP contribution in [0.5, 0.6) is 0 Å². The summed E-state index contributed by atoms with van der Waals surface area (Å²) in [5.41, 5.74) is 3.66. The van der Waals surface area contributed by atoms with Gasteiger partial charge in [0.25, 0.3) is 0 Å². The lowest BCUT2D eigenvalue weighted by Crippen LogP contribution is -2.41. The molecular formula is C21H20N2O5. The molecule has 1 aliphatic carbocycles. The number of benzene rings is 2. The molecule has 2 aliphatic rings. The van der Waals surface area contributed by atoms with E-state index in [0.717, 1.165) is 22.3 Å². The third-order valence-corrected chi connectivity index (χ3v) is 5.11. The molecule has 1 heterocycles. The lowest BCUT2D eigenvalue weighted by atomic mass is 9.98. The monoisotopic (exact) mass is 380 g/mol. The van der Waals surface area contributed by atoms with Crippen molar-refractivity contribution in [3.63, 3.8) is 0 Å². The molecule has 0 saturated heterocycles. The maximum absolute atomic E-state index is 12.2. The Hall–Kier alpha value is -3.35. The number of oxime groups is 1. The Morgan fingerprint density at radius 2 is 1.79 bits per heavy atom. The normalized spacial score (nSPS) is 20.0. The fourth-order valence-corrected chi connectivity index (χ4v) is 3.70. The highest BCUT2D eigenvalue weighted by Gasteiger charge is 2.37. The first kappa shape index (κ1) is 18.0. The first-order valence-corrected chi connectivity index (χ1v) is 9.04. The average Bonchev–Trinajstić information content (AvgIpc) is 3.24. The Morgan fingerprint density at radius 3 is 2.36 bits per heavy atom. The number of fused-ring (bicyclic) bond motifs is 3. The van der Waals surface area contributed by atoms with E-state index in [-0.39, 0.29) is 31.2 Å². The summed E-state index contributed by atoms with van der Waals surface area (Å²) >= 11 is 0. The van der Waals surface area contributed by atoms with Crippen molar-refractivity contribution in [3.8, 4) is 11.1 Å². The standard InChI is InChI=1S/C21H20N2O5/c1-21(10-18(19(24)25)23-28-21)12-22-20(26)27-11-17-15-8-4-2-6-13(15)14-7-3-5-9-16(14)17/h2-9,17H,10-12H2,1H3,(H,22,26)(H,24,25). The van der Waals surface area contributed by atoms with Gasteiger partial charge in [0.05, 0.1) is 6.54 Å². The van der Waals surface area contributed by atoms with Gasteiger partial charge < -0.3 is 20.0 Å². The highest BCUT2D eigenvalue weighted by Crippen LogP contribution is 2.44. The fourth-order valence-electron chi connectivity index (χ4n) is 3.70. The van der Waals surface area contributed by atoms with Gasteiger partial charge in [0.2, 0.25) is 0 Å². The molecule has 0 bridgehead atoms. The van der Waals surface area contributed by atoms with Crippen molar-refractivity contribution in [2.45, 2.75) is 24.9 Å². The van der Waals surface area contributed by atoms with Crippen LogP contribution < -0.4 is 5.32 Å². The Bertz CT molecular complexity index is 925. The van der Waals surface area contributed by atoms with Crippen LogP contribution >= 0.6 is 0 Å². The van der Waals surface area contributed by atoms with E-state index in [0.29, 0.717) is 0 Å². The molecule has 1 aliphatic heterocycles. The third kappa shape index (κ3) is 3.31. The Kier molecular flexibility index (Phi) is 4.50. The molecule has 0 fully saturated rings. The average molecular weight is 380 g/mol. The molecule has 2 N–H and O–H groups in total. The van der Waals surface area contributed by atoms with E-state index in [4.69, 9.17) is 14.7 Å². The first-order chi connectivity index (χ1) is 13.5. The molecule has 4 rings (SSSR count). The van der Waals surface area contributed by atoms with Gasteiger partial charge in [-0.15, -0.1) is 0 Å². The number of aliphatic carboxylic acids is 1. The number of nitrogens with one attached hydrogen (secondary N) is 1. The predicted octanol–water partition coefficient (Wildman–Crippen LogP) is 3.14. The van der Waals surface area contributed by atoms with Gasteiger partial charge in [0, 0.05) is 12.3 Å². The molecule has 0 radical (unpaired) electrons. The quantitative estimate of drug-likeness (QED) is 0.831. The second-order valence-electron chi connectivity index (χ2n) is 7.24. The van der Waals surface area contributed by atoms with Crippen molar-refractivity contribution in [2.75, 3.05) is 13.2 Å². The summed E-state index contributed by atoms with van der Waals surface area (Å²) in [5.74, 6) is -1.14. The minimum atomic E-state index is -1.12. The largest absolute Gasteiger partial charge is 0.477 e. The van der Waals surface area contributed by atoms with Gasteiger partial charge in [-0.3, -0.25) is 0 Å². The van der Waals surface area contributed by atoms with Crippen molar-refractivity contribution in [1.29, 1.82) is 0 Å². The summed E-state index contributed by atoms with van der Waals surface area (Å²) in [5, 5.41) is 15.2. The second-order valence-corrected chi connectivity index (χ2v) is 7.24. The number of carboxylic acid groups (broad SMARTS) is 1. The van der Waals surface area contributed by atoms with Gasteiger partial charge in [-0.05, 0) is 29.2 Å². The molecule has 1 unspecified atom stereocenters.